The van der Waals surface area contributed by atoms with Gasteiger partial charge in [0.15, 0.2) is 0 Å². The minimum absolute atomic E-state index is 0.0666. The van der Waals surface area contributed by atoms with Crippen LogP contribution in [-0.4, -0.2) is 45.3 Å². The largest absolute Gasteiger partial charge is 0.481 e. The van der Waals surface area contributed by atoms with Gasteiger partial charge in [-0.25, -0.2) is 4.98 Å². The lowest BCUT2D eigenvalue weighted by Crippen LogP contribution is -2.26. The van der Waals surface area contributed by atoms with Gasteiger partial charge in [-0.15, -0.1) is 0 Å². The Hall–Kier alpha value is -3.68. The van der Waals surface area contributed by atoms with E-state index >= 15 is 0 Å². The highest BCUT2D eigenvalue weighted by molar-refractivity contribution is 5.98. The van der Waals surface area contributed by atoms with Crippen molar-refractivity contribution < 1.29 is 14.3 Å². The Morgan fingerprint density at radius 2 is 2.21 bits per heavy atom. The third-order valence-electron chi connectivity index (χ3n) is 4.84. The standard InChI is InChI=1S/C21H21N5O3/c1-29-20-14(12-24-19(27)17-6-4-9-23-17)11-16-18(25-20)13-26(21(16)28)10-7-15-5-2-3-8-22-15/h2-6,8-9,11,23H,7,10,12-13H2,1H3,(H,24,27). The van der Waals surface area contributed by atoms with Crippen LogP contribution in [0, 0.1) is 0 Å². The Balaban J connectivity index is 1.46. The molecule has 29 heavy (non-hydrogen) atoms. The van der Waals surface area contributed by atoms with Gasteiger partial charge in [-0.05, 0) is 30.3 Å². The summed E-state index contributed by atoms with van der Waals surface area (Å²) in [6.45, 7) is 1.21. The summed E-state index contributed by atoms with van der Waals surface area (Å²) in [4.78, 5) is 38.4. The van der Waals surface area contributed by atoms with Gasteiger partial charge in [-0.1, -0.05) is 6.07 Å². The van der Waals surface area contributed by atoms with Crippen molar-refractivity contribution in [2.24, 2.45) is 0 Å². The van der Waals surface area contributed by atoms with Gasteiger partial charge in [0, 0.05) is 43.2 Å². The third kappa shape index (κ3) is 3.96. The van der Waals surface area contributed by atoms with Crippen molar-refractivity contribution in [1.29, 1.82) is 0 Å². The Morgan fingerprint density at radius 3 is 2.93 bits per heavy atom. The molecule has 8 heteroatoms. The monoisotopic (exact) mass is 391 g/mol. The molecular weight excluding hydrogens is 370 g/mol. The molecule has 4 heterocycles. The molecule has 0 bridgehead atoms. The molecule has 8 nitrogen and oxygen atoms in total. The summed E-state index contributed by atoms with van der Waals surface area (Å²) in [7, 11) is 1.53. The maximum atomic E-state index is 12.8. The molecule has 0 fully saturated rings. The second kappa shape index (κ2) is 8.14. The molecule has 0 aromatic carbocycles. The molecule has 0 unspecified atom stereocenters. The fourth-order valence-electron chi connectivity index (χ4n) is 3.32. The second-order valence-electron chi connectivity index (χ2n) is 6.72. The first-order chi connectivity index (χ1) is 14.2. The fourth-order valence-corrected chi connectivity index (χ4v) is 3.32. The number of H-pyrrole nitrogens is 1. The maximum Gasteiger partial charge on any atom is 0.267 e. The molecule has 3 aromatic heterocycles. The summed E-state index contributed by atoms with van der Waals surface area (Å²) in [5, 5.41) is 2.82. The predicted octanol–water partition coefficient (Wildman–Crippen LogP) is 1.94. The highest BCUT2D eigenvalue weighted by atomic mass is 16.5. The van der Waals surface area contributed by atoms with E-state index in [2.05, 4.69) is 20.3 Å². The molecule has 0 saturated heterocycles. The van der Waals surface area contributed by atoms with E-state index in [9.17, 15) is 9.59 Å². The summed E-state index contributed by atoms with van der Waals surface area (Å²) in [5.41, 5.74) is 3.30. The number of nitrogens with zero attached hydrogens (tertiary/aromatic N) is 3. The summed E-state index contributed by atoms with van der Waals surface area (Å²) >= 11 is 0. The lowest BCUT2D eigenvalue weighted by Gasteiger charge is -2.14. The Kier molecular flexibility index (Phi) is 5.24. The molecule has 1 aliphatic rings. The minimum atomic E-state index is -0.235. The van der Waals surface area contributed by atoms with Crippen LogP contribution in [0.15, 0.2) is 48.8 Å². The van der Waals surface area contributed by atoms with Gasteiger partial charge in [-0.3, -0.25) is 14.6 Å². The Morgan fingerprint density at radius 1 is 1.31 bits per heavy atom. The van der Waals surface area contributed by atoms with Gasteiger partial charge in [0.05, 0.1) is 24.9 Å². The highest BCUT2D eigenvalue weighted by Crippen LogP contribution is 2.27. The molecule has 4 rings (SSSR count). The van der Waals surface area contributed by atoms with Gasteiger partial charge in [-0.2, -0.15) is 0 Å². The number of carbonyl (C=O) groups is 2. The first-order valence-corrected chi connectivity index (χ1v) is 9.33. The number of carbonyl (C=O) groups excluding carboxylic acids is 2. The molecule has 0 saturated carbocycles. The van der Waals surface area contributed by atoms with Gasteiger partial charge in [0.2, 0.25) is 5.88 Å². The van der Waals surface area contributed by atoms with Crippen LogP contribution in [0.3, 0.4) is 0 Å². The fraction of sp³-hybridized carbons (Fsp3) is 0.238. The van der Waals surface area contributed by atoms with Crippen molar-refractivity contribution >= 4 is 11.8 Å². The van der Waals surface area contributed by atoms with Crippen LogP contribution in [0.2, 0.25) is 0 Å². The molecule has 0 spiro atoms. The zero-order chi connectivity index (χ0) is 20.2. The smallest absolute Gasteiger partial charge is 0.267 e. The SMILES string of the molecule is COc1nc2c(cc1CNC(=O)c1ccc[nH]1)C(=O)N(CCc1ccccn1)C2. The van der Waals surface area contributed by atoms with E-state index in [-0.39, 0.29) is 18.4 Å². The van der Waals surface area contributed by atoms with E-state index in [4.69, 9.17) is 4.74 Å². The van der Waals surface area contributed by atoms with Crippen molar-refractivity contribution in [3.05, 3.63) is 77.0 Å². The number of methoxy groups -OCH3 is 1. The van der Waals surface area contributed by atoms with Crippen molar-refractivity contribution in [2.75, 3.05) is 13.7 Å². The number of hydrogen-bond donors (Lipinski definition) is 2. The van der Waals surface area contributed by atoms with E-state index in [0.29, 0.717) is 47.9 Å². The Labute approximate surface area is 167 Å². The molecule has 1 aliphatic heterocycles. The number of fused-ring (bicyclic) bond motifs is 1. The average molecular weight is 391 g/mol. The topological polar surface area (TPSA) is 100 Å². The lowest BCUT2D eigenvalue weighted by molar-refractivity contribution is 0.0779. The Bertz CT molecular complexity index is 1020. The first kappa shape index (κ1) is 18.7. The van der Waals surface area contributed by atoms with Crippen molar-refractivity contribution in [1.82, 2.24) is 25.2 Å². The van der Waals surface area contributed by atoms with E-state index in [0.717, 1.165) is 5.69 Å². The molecule has 148 valence electrons. The number of hydrogen-bond acceptors (Lipinski definition) is 5. The minimum Gasteiger partial charge on any atom is -0.481 e. The zero-order valence-corrected chi connectivity index (χ0v) is 16.0. The normalized spacial score (nSPS) is 12.7. The van der Waals surface area contributed by atoms with Crippen LogP contribution in [-0.2, 0) is 19.5 Å². The van der Waals surface area contributed by atoms with Crippen LogP contribution in [0.25, 0.3) is 0 Å². The van der Waals surface area contributed by atoms with Gasteiger partial charge >= 0.3 is 0 Å². The van der Waals surface area contributed by atoms with Crippen LogP contribution < -0.4 is 10.1 Å². The third-order valence-corrected chi connectivity index (χ3v) is 4.84. The van der Waals surface area contributed by atoms with Gasteiger partial charge < -0.3 is 19.9 Å². The average Bonchev–Trinajstić information content (AvgIpc) is 3.39. The number of rotatable bonds is 7. The number of aromatic amines is 1. The van der Waals surface area contributed by atoms with Crippen LogP contribution >= 0.6 is 0 Å². The number of ether oxygens (including phenoxy) is 1. The van der Waals surface area contributed by atoms with E-state index < -0.39 is 0 Å². The summed E-state index contributed by atoms with van der Waals surface area (Å²) < 4.78 is 5.38. The van der Waals surface area contributed by atoms with E-state index in [1.54, 1.807) is 35.5 Å². The maximum absolute atomic E-state index is 12.8. The molecule has 2 amide bonds. The number of amides is 2. The van der Waals surface area contributed by atoms with E-state index in [1.807, 2.05) is 18.2 Å². The first-order valence-electron chi connectivity index (χ1n) is 9.33. The molecule has 0 atom stereocenters. The van der Waals surface area contributed by atoms with E-state index in [1.165, 1.54) is 7.11 Å². The number of nitrogens with one attached hydrogen (secondary N) is 2. The summed E-state index contributed by atoms with van der Waals surface area (Å²) in [6.07, 6.45) is 4.11. The quantitative estimate of drug-likeness (QED) is 0.641. The lowest BCUT2D eigenvalue weighted by atomic mass is 10.1. The van der Waals surface area contributed by atoms with Crippen LogP contribution in [0.1, 0.15) is 37.8 Å². The summed E-state index contributed by atoms with van der Waals surface area (Å²) in [5.74, 6) is 0.110. The van der Waals surface area contributed by atoms with Crippen LogP contribution in [0.4, 0.5) is 0 Å². The number of aromatic nitrogens is 3. The molecule has 0 aliphatic carbocycles. The number of pyridine rings is 2. The highest BCUT2D eigenvalue weighted by Gasteiger charge is 2.30. The van der Waals surface area contributed by atoms with Gasteiger partial charge in [0.25, 0.3) is 11.8 Å². The molecular formula is C21H21N5O3. The molecule has 0 radical (unpaired) electrons. The summed E-state index contributed by atoms with van der Waals surface area (Å²) in [6, 6.07) is 11.0. The zero-order valence-electron chi connectivity index (χ0n) is 16.0. The van der Waals surface area contributed by atoms with Crippen molar-refractivity contribution in [3.63, 3.8) is 0 Å². The second-order valence-corrected chi connectivity index (χ2v) is 6.72. The van der Waals surface area contributed by atoms with Gasteiger partial charge in [0.1, 0.15) is 5.69 Å². The van der Waals surface area contributed by atoms with Crippen LogP contribution in [0.5, 0.6) is 5.88 Å². The van der Waals surface area contributed by atoms with Crippen molar-refractivity contribution in [2.45, 2.75) is 19.5 Å². The molecule has 3 aromatic rings. The molecule has 2 N–H and O–H groups in total. The van der Waals surface area contributed by atoms with Crippen molar-refractivity contribution in [3.8, 4) is 5.88 Å². The predicted molar refractivity (Wildman–Crippen MR) is 105 cm³/mol.